The molecule has 0 atom stereocenters. The number of nitrogens with one attached hydrogen (secondary N) is 1. The lowest BCUT2D eigenvalue weighted by atomic mass is 9.80. The molecule has 0 spiro atoms. The first-order chi connectivity index (χ1) is 8.81. The van der Waals surface area contributed by atoms with Crippen molar-refractivity contribution in [3.05, 3.63) is 11.8 Å². The Hall–Kier alpha value is -0.940. The molecule has 0 bridgehead atoms. The van der Waals surface area contributed by atoms with Crippen LogP contribution < -0.4 is 5.32 Å². The van der Waals surface area contributed by atoms with E-state index in [1.165, 1.54) is 0 Å². The number of rotatable bonds is 8. The van der Waals surface area contributed by atoms with Crippen molar-refractivity contribution in [2.75, 3.05) is 13.2 Å². The fourth-order valence-corrected chi connectivity index (χ4v) is 2.27. The second-order valence-corrected chi connectivity index (χ2v) is 4.89. The summed E-state index contributed by atoms with van der Waals surface area (Å²) in [5.74, 6) is 2.11. The van der Waals surface area contributed by atoms with Crippen LogP contribution in [-0.4, -0.2) is 29.5 Å². The molecule has 1 aliphatic rings. The van der Waals surface area contributed by atoms with Crippen molar-refractivity contribution in [1.82, 2.24) is 15.5 Å². The van der Waals surface area contributed by atoms with E-state index in [2.05, 4.69) is 22.4 Å². The Morgan fingerprint density at radius 1 is 1.28 bits per heavy atom. The van der Waals surface area contributed by atoms with E-state index in [1.54, 1.807) is 0 Å². The molecule has 0 saturated heterocycles. The number of hydrogen-bond donors (Lipinski definition) is 1. The Morgan fingerprint density at radius 3 is 2.78 bits per heavy atom. The van der Waals surface area contributed by atoms with Gasteiger partial charge in [0.1, 0.15) is 0 Å². The second-order valence-electron chi connectivity index (χ2n) is 4.89. The zero-order chi connectivity index (χ0) is 12.8. The maximum atomic E-state index is 5.61. The average molecular weight is 253 g/mol. The topological polar surface area (TPSA) is 60.2 Å². The lowest BCUT2D eigenvalue weighted by molar-refractivity contribution is -0.0255. The minimum Gasteiger partial charge on any atom is -0.424 e. The van der Waals surface area contributed by atoms with Crippen molar-refractivity contribution in [3.8, 4) is 0 Å². The lowest BCUT2D eigenvalue weighted by Gasteiger charge is -2.33. The monoisotopic (exact) mass is 253 g/mol. The molecule has 0 radical (unpaired) electrons. The molecule has 1 N–H and O–H groups in total. The van der Waals surface area contributed by atoms with Crippen molar-refractivity contribution < 1.29 is 9.15 Å². The minimum absolute atomic E-state index is 0.452. The SMILES string of the molecule is CCCNCc1nnc(CC2CC(OCC)C2)o1. The van der Waals surface area contributed by atoms with Crippen molar-refractivity contribution in [3.63, 3.8) is 0 Å². The quantitative estimate of drug-likeness (QED) is 0.717. The molecule has 0 amide bonds. The smallest absolute Gasteiger partial charge is 0.230 e. The zero-order valence-corrected chi connectivity index (χ0v) is 11.3. The molecule has 1 saturated carbocycles. The van der Waals surface area contributed by atoms with Gasteiger partial charge in [-0.15, -0.1) is 10.2 Å². The summed E-state index contributed by atoms with van der Waals surface area (Å²) in [7, 11) is 0. The maximum absolute atomic E-state index is 5.61. The molecule has 0 aromatic carbocycles. The predicted octanol–water partition coefficient (Wildman–Crippen LogP) is 1.93. The molecule has 1 aliphatic carbocycles. The highest BCUT2D eigenvalue weighted by molar-refractivity contribution is 4.90. The third-order valence-corrected chi connectivity index (χ3v) is 3.27. The molecule has 1 heterocycles. The van der Waals surface area contributed by atoms with E-state index in [-0.39, 0.29) is 0 Å². The van der Waals surface area contributed by atoms with E-state index < -0.39 is 0 Å². The summed E-state index contributed by atoms with van der Waals surface area (Å²) in [6.45, 7) is 6.65. The van der Waals surface area contributed by atoms with Crippen LogP contribution in [0.5, 0.6) is 0 Å². The predicted molar refractivity (Wildman–Crippen MR) is 68.1 cm³/mol. The van der Waals surface area contributed by atoms with Gasteiger partial charge in [-0.3, -0.25) is 0 Å². The fourth-order valence-electron chi connectivity index (χ4n) is 2.27. The molecular weight excluding hydrogens is 230 g/mol. The first-order valence-corrected chi connectivity index (χ1v) is 6.95. The van der Waals surface area contributed by atoms with Gasteiger partial charge < -0.3 is 14.5 Å². The number of aromatic nitrogens is 2. The van der Waals surface area contributed by atoms with Crippen LogP contribution in [0.1, 0.15) is 44.9 Å². The highest BCUT2D eigenvalue weighted by Gasteiger charge is 2.30. The largest absolute Gasteiger partial charge is 0.424 e. The van der Waals surface area contributed by atoms with Gasteiger partial charge in [-0.05, 0) is 38.6 Å². The van der Waals surface area contributed by atoms with Gasteiger partial charge in [0.2, 0.25) is 11.8 Å². The van der Waals surface area contributed by atoms with E-state index >= 15 is 0 Å². The second kappa shape index (κ2) is 6.85. The zero-order valence-electron chi connectivity index (χ0n) is 11.3. The summed E-state index contributed by atoms with van der Waals surface area (Å²) >= 11 is 0. The molecule has 0 unspecified atom stereocenters. The molecule has 1 aromatic rings. The van der Waals surface area contributed by atoms with Crippen LogP contribution in [-0.2, 0) is 17.7 Å². The van der Waals surface area contributed by atoms with Crippen LogP contribution in [0.25, 0.3) is 0 Å². The summed E-state index contributed by atoms with van der Waals surface area (Å²) in [6, 6.07) is 0. The van der Waals surface area contributed by atoms with Crippen molar-refractivity contribution in [2.24, 2.45) is 5.92 Å². The van der Waals surface area contributed by atoms with Crippen LogP contribution in [0, 0.1) is 5.92 Å². The molecule has 5 heteroatoms. The van der Waals surface area contributed by atoms with Crippen LogP contribution in [0.2, 0.25) is 0 Å². The molecular formula is C13H23N3O2. The summed E-state index contributed by atoms with van der Waals surface area (Å²) < 4.78 is 11.1. The van der Waals surface area contributed by atoms with Crippen LogP contribution >= 0.6 is 0 Å². The Bertz CT molecular complexity index is 348. The highest BCUT2D eigenvalue weighted by Crippen LogP contribution is 2.32. The van der Waals surface area contributed by atoms with Crippen molar-refractivity contribution in [1.29, 1.82) is 0 Å². The summed E-state index contributed by atoms with van der Waals surface area (Å²) in [5.41, 5.74) is 0. The van der Waals surface area contributed by atoms with Gasteiger partial charge >= 0.3 is 0 Å². The third kappa shape index (κ3) is 3.78. The number of ether oxygens (including phenoxy) is 1. The third-order valence-electron chi connectivity index (χ3n) is 3.27. The van der Waals surface area contributed by atoms with E-state index in [0.717, 1.165) is 44.7 Å². The summed E-state index contributed by atoms with van der Waals surface area (Å²) in [5, 5.41) is 11.4. The van der Waals surface area contributed by atoms with Crippen LogP contribution in [0.3, 0.4) is 0 Å². The van der Waals surface area contributed by atoms with Gasteiger partial charge in [0.25, 0.3) is 0 Å². The van der Waals surface area contributed by atoms with Crippen molar-refractivity contribution in [2.45, 2.75) is 52.2 Å². The number of nitrogens with zero attached hydrogens (tertiary/aromatic N) is 2. The van der Waals surface area contributed by atoms with Gasteiger partial charge in [0.15, 0.2) is 0 Å². The Balaban J connectivity index is 1.68. The van der Waals surface area contributed by atoms with Crippen LogP contribution in [0.4, 0.5) is 0 Å². The van der Waals surface area contributed by atoms with Gasteiger partial charge in [0, 0.05) is 13.0 Å². The lowest BCUT2D eigenvalue weighted by Crippen LogP contribution is -2.32. The molecule has 18 heavy (non-hydrogen) atoms. The van der Waals surface area contributed by atoms with Gasteiger partial charge in [-0.25, -0.2) is 0 Å². The Labute approximate surface area is 108 Å². The fraction of sp³-hybridized carbons (Fsp3) is 0.846. The molecule has 102 valence electrons. The van der Waals surface area contributed by atoms with E-state index in [4.69, 9.17) is 9.15 Å². The maximum Gasteiger partial charge on any atom is 0.230 e. The average Bonchev–Trinajstić information content (AvgIpc) is 2.75. The minimum atomic E-state index is 0.452. The summed E-state index contributed by atoms with van der Waals surface area (Å²) in [4.78, 5) is 0. The van der Waals surface area contributed by atoms with E-state index in [9.17, 15) is 0 Å². The van der Waals surface area contributed by atoms with Gasteiger partial charge in [-0.1, -0.05) is 6.92 Å². The van der Waals surface area contributed by atoms with Crippen molar-refractivity contribution >= 4 is 0 Å². The number of hydrogen-bond acceptors (Lipinski definition) is 5. The first-order valence-electron chi connectivity index (χ1n) is 6.95. The standard InChI is InChI=1S/C13H23N3O2/c1-3-5-14-9-13-16-15-12(18-13)8-10-6-11(7-10)17-4-2/h10-11,14H,3-9H2,1-2H3. The highest BCUT2D eigenvalue weighted by atomic mass is 16.5. The van der Waals surface area contributed by atoms with E-state index in [0.29, 0.717) is 24.5 Å². The first kappa shape index (κ1) is 13.5. The summed E-state index contributed by atoms with van der Waals surface area (Å²) in [6.07, 6.45) is 4.71. The normalized spacial score (nSPS) is 23.0. The molecule has 1 fully saturated rings. The van der Waals surface area contributed by atoms with Gasteiger partial charge in [-0.2, -0.15) is 0 Å². The molecule has 1 aromatic heterocycles. The Morgan fingerprint density at radius 2 is 2.06 bits per heavy atom. The molecule has 0 aliphatic heterocycles. The molecule has 5 nitrogen and oxygen atoms in total. The molecule has 2 rings (SSSR count). The van der Waals surface area contributed by atoms with Gasteiger partial charge in [0.05, 0.1) is 12.6 Å². The van der Waals surface area contributed by atoms with E-state index in [1.807, 2.05) is 6.92 Å². The van der Waals surface area contributed by atoms with Crippen LogP contribution in [0.15, 0.2) is 4.42 Å². The Kier molecular flexibility index (Phi) is 5.13.